The van der Waals surface area contributed by atoms with E-state index in [9.17, 15) is 0 Å². The Balaban J connectivity index is 1.77. The number of rotatable bonds is 4. The largest absolute Gasteiger partial charge is 0.314 e. The Labute approximate surface area is 124 Å². The monoisotopic (exact) mass is 288 g/mol. The minimum absolute atomic E-state index is 0.427. The number of aromatic nitrogens is 2. The highest BCUT2D eigenvalue weighted by Crippen LogP contribution is 2.24. The van der Waals surface area contributed by atoms with E-state index < -0.39 is 0 Å². The Kier molecular flexibility index (Phi) is 4.40. The van der Waals surface area contributed by atoms with Gasteiger partial charge in [0.25, 0.3) is 0 Å². The number of piperazine rings is 1. The van der Waals surface area contributed by atoms with Gasteiger partial charge in [-0.2, -0.15) is 0 Å². The summed E-state index contributed by atoms with van der Waals surface area (Å²) in [7, 11) is 0. The zero-order valence-electron chi connectivity index (χ0n) is 11.7. The van der Waals surface area contributed by atoms with Crippen molar-refractivity contribution >= 4 is 11.5 Å². The van der Waals surface area contributed by atoms with E-state index in [1.54, 1.807) is 0 Å². The molecule has 1 saturated heterocycles. The van der Waals surface area contributed by atoms with E-state index in [4.69, 9.17) is 0 Å². The molecule has 1 fully saturated rings. The number of aryl methyl sites for hydroxylation is 1. The lowest BCUT2D eigenvalue weighted by Gasteiger charge is -2.36. The summed E-state index contributed by atoms with van der Waals surface area (Å²) in [6, 6.07) is 9.45. The van der Waals surface area contributed by atoms with Crippen molar-refractivity contribution in [3.05, 3.63) is 46.5 Å². The summed E-state index contributed by atoms with van der Waals surface area (Å²) in [6.07, 6.45) is 1.09. The molecule has 4 nitrogen and oxygen atoms in total. The van der Waals surface area contributed by atoms with Crippen molar-refractivity contribution in [1.29, 1.82) is 0 Å². The molecule has 0 saturated carbocycles. The van der Waals surface area contributed by atoms with Gasteiger partial charge >= 0.3 is 0 Å². The summed E-state index contributed by atoms with van der Waals surface area (Å²) in [5.74, 6) is 0. The molecule has 1 atom stereocenters. The fraction of sp³-hybridized carbons (Fsp3) is 0.467. The van der Waals surface area contributed by atoms with Crippen LogP contribution in [0.3, 0.4) is 0 Å². The van der Waals surface area contributed by atoms with Gasteiger partial charge in [0.15, 0.2) is 0 Å². The van der Waals surface area contributed by atoms with Crippen LogP contribution in [-0.2, 0) is 13.0 Å². The zero-order chi connectivity index (χ0) is 13.8. The molecule has 0 aliphatic carbocycles. The maximum Gasteiger partial charge on any atom is 0.0895 e. The van der Waals surface area contributed by atoms with Crippen molar-refractivity contribution < 1.29 is 0 Å². The third-order valence-corrected chi connectivity index (χ3v) is 4.45. The maximum atomic E-state index is 4.17. The number of nitrogens with one attached hydrogen (secondary N) is 1. The van der Waals surface area contributed by atoms with Gasteiger partial charge < -0.3 is 5.32 Å². The van der Waals surface area contributed by atoms with Crippen LogP contribution in [0.25, 0.3) is 0 Å². The standard InChI is InChI=1S/C15H20N4S/c1-2-12-3-5-13(6-4-12)15-9-16-7-8-19(15)10-14-11-20-18-17-14/h3-6,11,15-16H,2,7-10H2,1H3. The van der Waals surface area contributed by atoms with Gasteiger partial charge in [-0.3, -0.25) is 4.90 Å². The van der Waals surface area contributed by atoms with Crippen LogP contribution in [-0.4, -0.2) is 34.1 Å². The van der Waals surface area contributed by atoms with Gasteiger partial charge in [0.1, 0.15) is 0 Å². The van der Waals surface area contributed by atoms with E-state index in [2.05, 4.69) is 51.0 Å². The molecule has 5 heteroatoms. The average Bonchev–Trinajstić information content (AvgIpc) is 3.01. The summed E-state index contributed by atoms with van der Waals surface area (Å²) in [5.41, 5.74) is 3.86. The summed E-state index contributed by atoms with van der Waals surface area (Å²) in [5, 5.41) is 9.71. The molecule has 3 rings (SSSR count). The molecule has 1 aliphatic rings. The van der Waals surface area contributed by atoms with Gasteiger partial charge in [-0.05, 0) is 29.1 Å². The van der Waals surface area contributed by atoms with Gasteiger partial charge in [0.2, 0.25) is 0 Å². The first-order chi connectivity index (χ1) is 9.86. The highest BCUT2D eigenvalue weighted by molar-refractivity contribution is 7.03. The molecule has 1 aromatic heterocycles. The lowest BCUT2D eigenvalue weighted by Crippen LogP contribution is -2.45. The van der Waals surface area contributed by atoms with E-state index in [0.717, 1.165) is 38.3 Å². The predicted molar refractivity (Wildman–Crippen MR) is 81.7 cm³/mol. The quantitative estimate of drug-likeness (QED) is 0.937. The minimum atomic E-state index is 0.427. The molecule has 20 heavy (non-hydrogen) atoms. The molecule has 1 aromatic carbocycles. The van der Waals surface area contributed by atoms with Crippen molar-refractivity contribution in [3.63, 3.8) is 0 Å². The summed E-state index contributed by atoms with van der Waals surface area (Å²) < 4.78 is 3.96. The topological polar surface area (TPSA) is 41.0 Å². The van der Waals surface area contributed by atoms with E-state index in [-0.39, 0.29) is 0 Å². The first-order valence-electron chi connectivity index (χ1n) is 7.16. The van der Waals surface area contributed by atoms with Gasteiger partial charge in [-0.25, -0.2) is 0 Å². The SMILES string of the molecule is CCc1ccc(C2CNCCN2Cc2csnn2)cc1. The van der Waals surface area contributed by atoms with Crippen molar-refractivity contribution in [3.8, 4) is 0 Å². The summed E-state index contributed by atoms with van der Waals surface area (Å²) in [4.78, 5) is 2.49. The van der Waals surface area contributed by atoms with Crippen LogP contribution in [0.1, 0.15) is 29.8 Å². The first-order valence-corrected chi connectivity index (χ1v) is 8.00. The highest BCUT2D eigenvalue weighted by atomic mass is 32.1. The van der Waals surface area contributed by atoms with Crippen LogP contribution in [0.5, 0.6) is 0 Å². The number of hydrogen-bond donors (Lipinski definition) is 1. The number of nitrogens with zero attached hydrogens (tertiary/aromatic N) is 3. The Morgan fingerprint density at radius 1 is 1.35 bits per heavy atom. The fourth-order valence-electron chi connectivity index (χ4n) is 2.70. The normalized spacial score (nSPS) is 20.1. The molecule has 0 radical (unpaired) electrons. The predicted octanol–water partition coefficient (Wildman–Crippen LogP) is 2.25. The molecule has 0 bridgehead atoms. The lowest BCUT2D eigenvalue weighted by atomic mass is 10.0. The summed E-state index contributed by atoms with van der Waals surface area (Å²) >= 11 is 1.43. The van der Waals surface area contributed by atoms with Crippen LogP contribution in [0.4, 0.5) is 0 Å². The zero-order valence-corrected chi connectivity index (χ0v) is 12.6. The first kappa shape index (κ1) is 13.7. The highest BCUT2D eigenvalue weighted by Gasteiger charge is 2.24. The van der Waals surface area contributed by atoms with Crippen LogP contribution in [0.2, 0.25) is 0 Å². The van der Waals surface area contributed by atoms with Crippen molar-refractivity contribution in [2.75, 3.05) is 19.6 Å². The molecule has 0 amide bonds. The maximum absolute atomic E-state index is 4.17. The number of hydrogen-bond acceptors (Lipinski definition) is 5. The fourth-order valence-corrected chi connectivity index (χ4v) is 3.14. The molecule has 106 valence electrons. The van der Waals surface area contributed by atoms with Gasteiger partial charge in [-0.15, -0.1) is 5.10 Å². The minimum Gasteiger partial charge on any atom is -0.314 e. The molecule has 1 unspecified atom stereocenters. The second kappa shape index (κ2) is 6.43. The van der Waals surface area contributed by atoms with Gasteiger partial charge in [0.05, 0.1) is 5.69 Å². The van der Waals surface area contributed by atoms with E-state index in [1.807, 2.05) is 5.38 Å². The van der Waals surface area contributed by atoms with Crippen molar-refractivity contribution in [1.82, 2.24) is 19.8 Å². The molecule has 0 spiro atoms. The number of benzene rings is 1. The van der Waals surface area contributed by atoms with E-state index >= 15 is 0 Å². The van der Waals surface area contributed by atoms with Crippen molar-refractivity contribution in [2.45, 2.75) is 25.9 Å². The second-order valence-electron chi connectivity index (χ2n) is 5.18. The van der Waals surface area contributed by atoms with Crippen LogP contribution in [0.15, 0.2) is 29.6 Å². The summed E-state index contributed by atoms with van der Waals surface area (Å²) in [6.45, 7) is 6.18. The lowest BCUT2D eigenvalue weighted by molar-refractivity contribution is 0.152. The van der Waals surface area contributed by atoms with Crippen molar-refractivity contribution in [2.24, 2.45) is 0 Å². The average molecular weight is 288 g/mol. The third kappa shape index (κ3) is 3.06. The van der Waals surface area contributed by atoms with Crippen LogP contribution < -0.4 is 5.32 Å². The Morgan fingerprint density at radius 3 is 2.90 bits per heavy atom. The molecular formula is C15H20N4S. The third-order valence-electron chi connectivity index (χ3n) is 3.90. The molecular weight excluding hydrogens is 268 g/mol. The smallest absolute Gasteiger partial charge is 0.0895 e. The van der Waals surface area contributed by atoms with Gasteiger partial charge in [-0.1, -0.05) is 35.7 Å². The molecule has 1 aliphatic heterocycles. The van der Waals surface area contributed by atoms with Crippen LogP contribution >= 0.6 is 11.5 Å². The molecule has 2 aromatic rings. The molecule has 2 heterocycles. The van der Waals surface area contributed by atoms with Gasteiger partial charge in [0, 0.05) is 37.6 Å². The Bertz CT molecular complexity index is 523. The Morgan fingerprint density at radius 2 is 2.20 bits per heavy atom. The van der Waals surface area contributed by atoms with E-state index in [0.29, 0.717) is 6.04 Å². The Hall–Kier alpha value is -1.30. The van der Waals surface area contributed by atoms with Crippen LogP contribution in [0, 0.1) is 0 Å². The second-order valence-corrected chi connectivity index (χ2v) is 5.79. The molecule has 1 N–H and O–H groups in total. The van der Waals surface area contributed by atoms with E-state index in [1.165, 1.54) is 22.7 Å².